The first-order valence-electron chi connectivity index (χ1n) is 6.01. The number of nitrogens with one attached hydrogen (secondary N) is 1. The van der Waals surface area contributed by atoms with E-state index in [-0.39, 0.29) is 0 Å². The Morgan fingerprint density at radius 3 is 2.83 bits per heavy atom. The summed E-state index contributed by atoms with van der Waals surface area (Å²) in [5.41, 5.74) is 1.09. The lowest BCUT2D eigenvalue weighted by Gasteiger charge is -2.15. The second-order valence-corrected chi connectivity index (χ2v) is 4.38. The minimum absolute atomic E-state index is 0.700. The molecule has 1 N–H and O–H groups in total. The lowest BCUT2D eigenvalue weighted by Crippen LogP contribution is -2.11. The van der Waals surface area contributed by atoms with E-state index in [2.05, 4.69) is 28.5 Å². The molecule has 4 nitrogen and oxygen atoms in total. The van der Waals surface area contributed by atoms with Gasteiger partial charge in [-0.05, 0) is 23.6 Å². The summed E-state index contributed by atoms with van der Waals surface area (Å²) in [4.78, 5) is 6.45. The summed E-state index contributed by atoms with van der Waals surface area (Å²) in [6.45, 7) is 1.51. The van der Waals surface area contributed by atoms with E-state index in [1.54, 1.807) is 7.11 Å². The molecule has 0 aliphatic carbocycles. The van der Waals surface area contributed by atoms with Crippen LogP contribution in [-0.4, -0.2) is 39.3 Å². The van der Waals surface area contributed by atoms with E-state index in [0.717, 1.165) is 23.4 Å². The van der Waals surface area contributed by atoms with E-state index in [1.807, 2.05) is 31.3 Å². The average Bonchev–Trinajstić information content (AvgIpc) is 2.38. The highest BCUT2D eigenvalue weighted by Crippen LogP contribution is 2.25. The molecule has 1 aromatic carbocycles. The van der Waals surface area contributed by atoms with E-state index >= 15 is 0 Å². The lowest BCUT2D eigenvalue weighted by atomic mass is 10.1. The number of anilines is 2. The number of hydrogen-bond acceptors (Lipinski definition) is 4. The molecule has 2 aromatic rings. The minimum Gasteiger partial charge on any atom is -0.383 e. The summed E-state index contributed by atoms with van der Waals surface area (Å²) in [6.07, 6.45) is 1.84. The molecule has 0 saturated carbocycles. The predicted molar refractivity (Wildman–Crippen MR) is 76.4 cm³/mol. The van der Waals surface area contributed by atoms with Gasteiger partial charge in [0.2, 0.25) is 0 Å². The number of nitrogens with zero attached hydrogens (tertiary/aromatic N) is 2. The van der Waals surface area contributed by atoms with Crippen molar-refractivity contribution in [2.75, 3.05) is 44.6 Å². The molecule has 96 valence electrons. The molecule has 0 saturated heterocycles. The zero-order valence-electron chi connectivity index (χ0n) is 11.1. The first-order chi connectivity index (χ1) is 8.72. The third-order valence-electron chi connectivity index (χ3n) is 2.80. The summed E-state index contributed by atoms with van der Waals surface area (Å²) in [5.74, 6) is 0.989. The molecule has 4 heteroatoms. The number of benzene rings is 1. The highest BCUT2D eigenvalue weighted by Gasteiger charge is 2.05. The standard InChI is InChI=1S/C14H19N3O/c1-17(2)14-13-10-12(15-8-9-18-3)5-4-11(13)6-7-16-14/h4-7,10,15H,8-9H2,1-3H3. The maximum Gasteiger partial charge on any atom is 0.135 e. The number of pyridine rings is 1. The van der Waals surface area contributed by atoms with Gasteiger partial charge in [-0.2, -0.15) is 0 Å². The molecule has 0 aliphatic rings. The molecule has 18 heavy (non-hydrogen) atoms. The normalized spacial score (nSPS) is 10.6. The van der Waals surface area contributed by atoms with Crippen molar-refractivity contribution in [1.82, 2.24) is 4.98 Å². The van der Waals surface area contributed by atoms with Crippen molar-refractivity contribution in [3.8, 4) is 0 Å². The van der Waals surface area contributed by atoms with E-state index < -0.39 is 0 Å². The Kier molecular flexibility index (Phi) is 3.99. The highest BCUT2D eigenvalue weighted by atomic mass is 16.5. The van der Waals surface area contributed by atoms with E-state index in [0.29, 0.717) is 6.61 Å². The van der Waals surface area contributed by atoms with Crippen LogP contribution in [0, 0.1) is 0 Å². The third kappa shape index (κ3) is 2.71. The fraction of sp³-hybridized carbons (Fsp3) is 0.357. The molecule has 0 radical (unpaired) electrons. The maximum absolute atomic E-state index is 5.03. The van der Waals surface area contributed by atoms with Gasteiger partial charge in [-0.1, -0.05) is 6.07 Å². The van der Waals surface area contributed by atoms with Crippen molar-refractivity contribution >= 4 is 22.3 Å². The van der Waals surface area contributed by atoms with Gasteiger partial charge in [0.05, 0.1) is 6.61 Å². The Morgan fingerprint density at radius 2 is 2.11 bits per heavy atom. The second-order valence-electron chi connectivity index (χ2n) is 4.38. The molecule has 1 aromatic heterocycles. The molecule has 0 spiro atoms. The van der Waals surface area contributed by atoms with Crippen molar-refractivity contribution in [3.05, 3.63) is 30.5 Å². The molecule has 0 aliphatic heterocycles. The summed E-state index contributed by atoms with van der Waals surface area (Å²) < 4.78 is 5.03. The van der Waals surface area contributed by atoms with Gasteiger partial charge in [0.25, 0.3) is 0 Å². The molecule has 0 fully saturated rings. The number of hydrogen-bond donors (Lipinski definition) is 1. The summed E-state index contributed by atoms with van der Waals surface area (Å²) >= 11 is 0. The zero-order valence-corrected chi connectivity index (χ0v) is 11.1. The summed E-state index contributed by atoms with van der Waals surface area (Å²) in [6, 6.07) is 8.35. The van der Waals surface area contributed by atoms with Crippen LogP contribution in [0.4, 0.5) is 11.5 Å². The van der Waals surface area contributed by atoms with Crippen LogP contribution in [0.3, 0.4) is 0 Å². The van der Waals surface area contributed by atoms with Crippen molar-refractivity contribution in [3.63, 3.8) is 0 Å². The first-order valence-corrected chi connectivity index (χ1v) is 6.01. The van der Waals surface area contributed by atoms with Crippen LogP contribution in [0.2, 0.25) is 0 Å². The third-order valence-corrected chi connectivity index (χ3v) is 2.80. The predicted octanol–water partition coefficient (Wildman–Crippen LogP) is 2.36. The molecule has 1 heterocycles. The second kappa shape index (κ2) is 5.69. The lowest BCUT2D eigenvalue weighted by molar-refractivity contribution is 0.211. The van der Waals surface area contributed by atoms with Crippen LogP contribution in [0.5, 0.6) is 0 Å². The number of rotatable bonds is 5. The number of methoxy groups -OCH3 is 1. The Hall–Kier alpha value is -1.81. The Bertz CT molecular complexity index is 525. The van der Waals surface area contributed by atoms with Crippen LogP contribution < -0.4 is 10.2 Å². The number of fused-ring (bicyclic) bond motifs is 1. The highest BCUT2D eigenvalue weighted by molar-refractivity contribution is 5.94. The zero-order chi connectivity index (χ0) is 13.0. The van der Waals surface area contributed by atoms with Crippen LogP contribution in [0.25, 0.3) is 10.8 Å². The molecule has 0 bridgehead atoms. The monoisotopic (exact) mass is 245 g/mol. The minimum atomic E-state index is 0.700. The van der Waals surface area contributed by atoms with Gasteiger partial charge in [0.15, 0.2) is 0 Å². The van der Waals surface area contributed by atoms with Gasteiger partial charge in [0, 0.05) is 45.0 Å². The van der Waals surface area contributed by atoms with Gasteiger partial charge in [-0.15, -0.1) is 0 Å². The molecule has 0 atom stereocenters. The van der Waals surface area contributed by atoms with Crippen molar-refractivity contribution in [1.29, 1.82) is 0 Å². The van der Waals surface area contributed by atoms with Gasteiger partial charge in [0.1, 0.15) is 5.82 Å². The Labute approximate surface area is 108 Å². The van der Waals surface area contributed by atoms with Crippen LogP contribution in [-0.2, 0) is 4.74 Å². The van der Waals surface area contributed by atoms with Crippen molar-refractivity contribution in [2.24, 2.45) is 0 Å². The smallest absolute Gasteiger partial charge is 0.135 e. The first kappa shape index (κ1) is 12.6. The SMILES string of the molecule is COCCNc1ccc2ccnc(N(C)C)c2c1. The molecular weight excluding hydrogens is 226 g/mol. The largest absolute Gasteiger partial charge is 0.383 e. The topological polar surface area (TPSA) is 37.4 Å². The van der Waals surface area contributed by atoms with Crippen LogP contribution in [0.1, 0.15) is 0 Å². The van der Waals surface area contributed by atoms with Gasteiger partial charge in [-0.25, -0.2) is 4.98 Å². The maximum atomic E-state index is 5.03. The van der Waals surface area contributed by atoms with E-state index in [1.165, 1.54) is 5.39 Å². The summed E-state index contributed by atoms with van der Waals surface area (Å²) in [5, 5.41) is 5.69. The molecule has 0 amide bonds. The molecule has 2 rings (SSSR count). The van der Waals surface area contributed by atoms with Gasteiger partial charge < -0.3 is 15.0 Å². The van der Waals surface area contributed by atoms with Crippen LogP contribution >= 0.6 is 0 Å². The summed E-state index contributed by atoms with van der Waals surface area (Å²) in [7, 11) is 5.72. The molecule has 0 unspecified atom stereocenters. The fourth-order valence-corrected chi connectivity index (χ4v) is 1.92. The Morgan fingerprint density at radius 1 is 1.28 bits per heavy atom. The number of aromatic nitrogens is 1. The quantitative estimate of drug-likeness (QED) is 0.821. The number of ether oxygens (including phenoxy) is 1. The fourth-order valence-electron chi connectivity index (χ4n) is 1.92. The molecular formula is C14H19N3O. The van der Waals surface area contributed by atoms with Crippen molar-refractivity contribution < 1.29 is 4.74 Å². The van der Waals surface area contributed by atoms with E-state index in [9.17, 15) is 0 Å². The Balaban J connectivity index is 2.33. The average molecular weight is 245 g/mol. The van der Waals surface area contributed by atoms with Gasteiger partial charge >= 0.3 is 0 Å². The van der Waals surface area contributed by atoms with Crippen LogP contribution in [0.15, 0.2) is 30.5 Å². The van der Waals surface area contributed by atoms with E-state index in [4.69, 9.17) is 4.74 Å². The van der Waals surface area contributed by atoms with Gasteiger partial charge in [-0.3, -0.25) is 0 Å². The van der Waals surface area contributed by atoms with Crippen molar-refractivity contribution in [2.45, 2.75) is 0 Å².